The molecule has 5 rings (SSSR count). The molecule has 4 aliphatic rings. The summed E-state index contributed by atoms with van der Waals surface area (Å²) >= 11 is 0. The molecular formula is C28H37NO2. The zero-order valence-electron chi connectivity index (χ0n) is 19.4. The molecule has 166 valence electrons. The number of carbonyl (C=O) groups is 1. The van der Waals surface area contributed by atoms with Crippen molar-refractivity contribution in [1.29, 1.82) is 0 Å². The Morgan fingerprint density at radius 2 is 1.97 bits per heavy atom. The number of pyridine rings is 1. The summed E-state index contributed by atoms with van der Waals surface area (Å²) < 4.78 is 5.82. The lowest BCUT2D eigenvalue weighted by Gasteiger charge is -2.57. The molecule has 0 saturated heterocycles. The summed E-state index contributed by atoms with van der Waals surface area (Å²) in [5, 5.41) is 0. The van der Waals surface area contributed by atoms with Gasteiger partial charge in [-0.2, -0.15) is 0 Å². The normalized spacial score (nSPS) is 38.9. The van der Waals surface area contributed by atoms with E-state index in [1.165, 1.54) is 36.8 Å². The van der Waals surface area contributed by atoms with Crippen molar-refractivity contribution in [2.75, 3.05) is 0 Å². The number of aromatic nitrogens is 1. The summed E-state index contributed by atoms with van der Waals surface area (Å²) in [4.78, 5) is 16.4. The quantitative estimate of drug-likeness (QED) is 0.400. The first-order chi connectivity index (χ1) is 15.0. The van der Waals surface area contributed by atoms with Crippen LogP contribution in [0.1, 0.15) is 84.1 Å². The Balaban J connectivity index is 1.35. The molecule has 0 N–H and O–H groups in total. The Morgan fingerprint density at radius 3 is 2.74 bits per heavy atom. The summed E-state index contributed by atoms with van der Waals surface area (Å²) in [6, 6.07) is 4.31. The average molecular weight is 420 g/mol. The highest BCUT2D eigenvalue weighted by atomic mass is 16.5. The molecule has 0 amide bonds. The number of allylic oxidation sites excluding steroid dienone is 3. The number of ether oxygens (including phenoxy) is 1. The van der Waals surface area contributed by atoms with Gasteiger partial charge in [-0.05, 0) is 90.7 Å². The largest absolute Gasteiger partial charge is 0.462 e. The van der Waals surface area contributed by atoms with E-state index in [-0.39, 0.29) is 22.9 Å². The lowest BCUT2D eigenvalue weighted by Crippen LogP contribution is -2.50. The van der Waals surface area contributed by atoms with Crippen LogP contribution in [0.3, 0.4) is 0 Å². The smallest absolute Gasteiger partial charge is 0.306 e. The van der Waals surface area contributed by atoms with Gasteiger partial charge >= 0.3 is 5.97 Å². The predicted molar refractivity (Wildman–Crippen MR) is 124 cm³/mol. The first kappa shape index (κ1) is 21.0. The molecule has 2 saturated carbocycles. The first-order valence-corrected chi connectivity index (χ1v) is 12.5. The Bertz CT molecular complexity index is 903. The molecule has 2 fully saturated rings. The number of hydrogen-bond donors (Lipinski definition) is 0. The van der Waals surface area contributed by atoms with E-state index in [9.17, 15) is 4.79 Å². The third kappa shape index (κ3) is 3.39. The lowest BCUT2D eigenvalue weighted by atomic mass is 9.47. The summed E-state index contributed by atoms with van der Waals surface area (Å²) in [7, 11) is 0. The van der Waals surface area contributed by atoms with Gasteiger partial charge < -0.3 is 4.74 Å². The number of esters is 1. The van der Waals surface area contributed by atoms with Gasteiger partial charge in [0.25, 0.3) is 0 Å². The standard InChI is InChI=1S/C28H37NO2/c1-4-6-26(30)31-21-12-14-27(2)20(17-21)8-9-22-24-11-10-23(19-7-5-16-29-18-19)28(24,3)15-13-25(22)27/h5,7-8,10,16,18,21-22,24-25H,4,6,9,11-15,17H2,1-3H3/t21-,22-,24-,25-,27-,28+/m0/s1. The molecule has 3 nitrogen and oxygen atoms in total. The van der Waals surface area contributed by atoms with Crippen LogP contribution in [0.4, 0.5) is 0 Å². The van der Waals surface area contributed by atoms with Gasteiger partial charge in [-0.3, -0.25) is 9.78 Å². The van der Waals surface area contributed by atoms with E-state index in [1.807, 2.05) is 19.3 Å². The maximum atomic E-state index is 12.0. The van der Waals surface area contributed by atoms with Crippen molar-refractivity contribution in [3.05, 3.63) is 47.8 Å². The van der Waals surface area contributed by atoms with Gasteiger partial charge in [-0.1, -0.05) is 44.6 Å². The van der Waals surface area contributed by atoms with E-state index >= 15 is 0 Å². The molecule has 0 bridgehead atoms. The van der Waals surface area contributed by atoms with Gasteiger partial charge in [0, 0.05) is 25.2 Å². The van der Waals surface area contributed by atoms with Crippen molar-refractivity contribution in [3.63, 3.8) is 0 Å². The predicted octanol–water partition coefficient (Wildman–Crippen LogP) is 6.75. The van der Waals surface area contributed by atoms with Crippen LogP contribution in [0.25, 0.3) is 5.57 Å². The van der Waals surface area contributed by atoms with Crippen molar-refractivity contribution in [2.24, 2.45) is 28.6 Å². The molecule has 0 radical (unpaired) electrons. The van der Waals surface area contributed by atoms with Crippen LogP contribution in [-0.2, 0) is 9.53 Å². The average Bonchev–Trinajstić information content (AvgIpc) is 3.12. The van der Waals surface area contributed by atoms with Gasteiger partial charge in [0.05, 0.1) is 0 Å². The Labute approximate surface area is 187 Å². The van der Waals surface area contributed by atoms with Crippen molar-refractivity contribution in [1.82, 2.24) is 4.98 Å². The molecule has 6 atom stereocenters. The van der Waals surface area contributed by atoms with Gasteiger partial charge in [0.1, 0.15) is 6.10 Å². The maximum Gasteiger partial charge on any atom is 0.306 e. The fraction of sp³-hybridized carbons (Fsp3) is 0.643. The molecule has 0 unspecified atom stereocenters. The molecule has 1 heterocycles. The van der Waals surface area contributed by atoms with Crippen LogP contribution in [-0.4, -0.2) is 17.1 Å². The number of rotatable bonds is 4. The SMILES string of the molecule is CCCC(=O)O[C@H]1CC[C@@]2(C)C(=CC[C@@H]3[C@@H]2CC[C@]2(C)C(c4cccnc4)=CC[C@@H]32)C1. The highest BCUT2D eigenvalue weighted by Gasteiger charge is 2.57. The van der Waals surface area contributed by atoms with Crippen LogP contribution in [0.2, 0.25) is 0 Å². The summed E-state index contributed by atoms with van der Waals surface area (Å²) in [6.07, 6.45) is 18.6. The van der Waals surface area contributed by atoms with Crippen LogP contribution in [0, 0.1) is 28.6 Å². The Kier molecular flexibility index (Phi) is 5.35. The topological polar surface area (TPSA) is 39.2 Å². The van der Waals surface area contributed by atoms with Crippen molar-refractivity contribution in [2.45, 2.75) is 84.7 Å². The molecule has 4 aliphatic carbocycles. The van der Waals surface area contributed by atoms with Crippen molar-refractivity contribution < 1.29 is 9.53 Å². The Hall–Kier alpha value is -1.90. The highest BCUT2D eigenvalue weighted by molar-refractivity contribution is 5.72. The van der Waals surface area contributed by atoms with Crippen LogP contribution in [0.5, 0.6) is 0 Å². The molecule has 3 heteroatoms. The van der Waals surface area contributed by atoms with Gasteiger partial charge in [-0.25, -0.2) is 0 Å². The second-order valence-electron chi connectivity index (χ2n) is 10.9. The van der Waals surface area contributed by atoms with Gasteiger partial charge in [-0.15, -0.1) is 0 Å². The second-order valence-corrected chi connectivity index (χ2v) is 10.9. The van der Waals surface area contributed by atoms with Gasteiger partial charge in [0.15, 0.2) is 0 Å². The zero-order valence-corrected chi connectivity index (χ0v) is 19.4. The third-order valence-electron chi connectivity index (χ3n) is 9.36. The molecule has 1 aromatic rings. The molecule has 31 heavy (non-hydrogen) atoms. The monoisotopic (exact) mass is 419 g/mol. The molecule has 1 aromatic heterocycles. The van der Waals surface area contributed by atoms with Crippen LogP contribution < -0.4 is 0 Å². The zero-order chi connectivity index (χ0) is 21.6. The van der Waals surface area contributed by atoms with E-state index in [4.69, 9.17) is 4.74 Å². The van der Waals surface area contributed by atoms with E-state index in [2.05, 4.69) is 43.1 Å². The van der Waals surface area contributed by atoms with E-state index < -0.39 is 0 Å². The fourth-order valence-electron chi connectivity index (χ4n) is 7.71. The van der Waals surface area contributed by atoms with Crippen molar-refractivity contribution in [3.8, 4) is 0 Å². The minimum Gasteiger partial charge on any atom is -0.462 e. The number of carbonyl (C=O) groups excluding carboxylic acids is 1. The van der Waals surface area contributed by atoms with Crippen LogP contribution in [0.15, 0.2) is 42.3 Å². The van der Waals surface area contributed by atoms with E-state index in [1.54, 1.807) is 5.57 Å². The number of hydrogen-bond acceptors (Lipinski definition) is 3. The van der Waals surface area contributed by atoms with Crippen molar-refractivity contribution >= 4 is 11.5 Å². The lowest BCUT2D eigenvalue weighted by molar-refractivity contribution is -0.151. The summed E-state index contributed by atoms with van der Waals surface area (Å²) in [5.74, 6) is 2.24. The second kappa shape index (κ2) is 7.90. The fourth-order valence-corrected chi connectivity index (χ4v) is 7.71. The Morgan fingerprint density at radius 1 is 1.13 bits per heavy atom. The third-order valence-corrected chi connectivity index (χ3v) is 9.36. The minimum absolute atomic E-state index is 0.0150. The van der Waals surface area contributed by atoms with Crippen LogP contribution >= 0.6 is 0 Å². The summed E-state index contributed by atoms with van der Waals surface area (Å²) in [5.41, 5.74) is 5.00. The first-order valence-electron chi connectivity index (χ1n) is 12.5. The summed E-state index contributed by atoms with van der Waals surface area (Å²) in [6.45, 7) is 7.08. The molecule has 0 aromatic carbocycles. The number of nitrogens with zero attached hydrogens (tertiary/aromatic N) is 1. The van der Waals surface area contributed by atoms with E-state index in [0.717, 1.165) is 43.4 Å². The molecular weight excluding hydrogens is 382 g/mol. The molecule has 0 spiro atoms. The maximum absolute atomic E-state index is 12.0. The molecule has 0 aliphatic heterocycles. The van der Waals surface area contributed by atoms with Gasteiger partial charge in [0.2, 0.25) is 0 Å². The highest BCUT2D eigenvalue weighted by Crippen LogP contribution is 2.66. The van der Waals surface area contributed by atoms with E-state index in [0.29, 0.717) is 6.42 Å². The number of fused-ring (bicyclic) bond motifs is 5. The minimum atomic E-state index is -0.0150.